The molecule has 49 heavy (non-hydrogen) atoms. The van der Waals surface area contributed by atoms with E-state index in [1.54, 1.807) is 0 Å². The second kappa shape index (κ2) is 14.2. The van der Waals surface area contributed by atoms with Gasteiger partial charge in [0.2, 0.25) is 0 Å². The molecule has 12 atom stereocenters. The van der Waals surface area contributed by atoms with Crippen molar-refractivity contribution in [2.45, 2.75) is 165 Å². The van der Waals surface area contributed by atoms with E-state index in [-0.39, 0.29) is 28.8 Å². The van der Waals surface area contributed by atoms with E-state index >= 15 is 0 Å². The number of carbonyl (C=O) groups excluding carboxylic acids is 2. The maximum absolute atomic E-state index is 13.3. The molecule has 6 aliphatic rings. The first-order valence-electron chi connectivity index (χ1n) is 21.1. The largest absolute Gasteiger partial charge is 0.465 e. The molecule has 0 saturated heterocycles. The van der Waals surface area contributed by atoms with Crippen molar-refractivity contribution in [2.24, 2.45) is 80.8 Å². The second-order valence-electron chi connectivity index (χ2n) is 20.7. The number of fused-ring (bicyclic) bond motifs is 6. The van der Waals surface area contributed by atoms with Crippen LogP contribution >= 0.6 is 0 Å². The van der Waals surface area contributed by atoms with Crippen molar-refractivity contribution < 1.29 is 19.1 Å². The third-order valence-corrected chi connectivity index (χ3v) is 17.2. The van der Waals surface area contributed by atoms with E-state index in [1.165, 1.54) is 89.9 Å². The first-order valence-corrected chi connectivity index (χ1v) is 21.1. The highest BCUT2D eigenvalue weighted by atomic mass is 16.5. The summed E-state index contributed by atoms with van der Waals surface area (Å²) in [4.78, 5) is 26.5. The minimum absolute atomic E-state index is 0.000367. The fourth-order valence-electron chi connectivity index (χ4n) is 14.4. The Morgan fingerprint density at radius 2 is 1.08 bits per heavy atom. The number of carbonyl (C=O) groups is 2. The Morgan fingerprint density at radius 1 is 0.633 bits per heavy atom. The average molecular weight is 679 g/mol. The molecule has 6 rings (SSSR count). The Bertz CT molecular complexity index is 1220. The van der Waals surface area contributed by atoms with Crippen molar-refractivity contribution in [3.63, 3.8) is 0 Å². The summed E-state index contributed by atoms with van der Waals surface area (Å²) < 4.78 is 12.1. The van der Waals surface area contributed by atoms with Gasteiger partial charge in [0.1, 0.15) is 0 Å². The minimum Gasteiger partial charge on any atom is -0.465 e. The van der Waals surface area contributed by atoms with Gasteiger partial charge in [-0.2, -0.15) is 0 Å². The standard InChI is InChI=1S/C45H74O4/c1-29(2)32-12-16-36-34(25-32)14-18-38-42(6,20-10-22-44(36,38)8)27-48-40(46)24-31(5)41(47)49-28-43(7)21-11-23-45(9)37-17-13-33(30(3)4)26-35(37)15-19-39(43)45/h29-30,32-39H,5,10-28H2,1-4,6-9H3/t32?,33?,34?,35?,36?,37?,38?,39?,42?,43-,44?,45+/m1/s1. The van der Waals surface area contributed by atoms with E-state index in [0.717, 1.165) is 60.2 Å². The molecule has 0 N–H and O–H groups in total. The van der Waals surface area contributed by atoms with Crippen LogP contribution in [0.15, 0.2) is 12.2 Å². The molecule has 10 unspecified atom stereocenters. The van der Waals surface area contributed by atoms with Crippen molar-refractivity contribution in [2.75, 3.05) is 13.2 Å². The number of hydrogen-bond donors (Lipinski definition) is 0. The summed E-state index contributed by atoms with van der Waals surface area (Å²) in [5.41, 5.74) is 0.904. The van der Waals surface area contributed by atoms with Gasteiger partial charge >= 0.3 is 11.9 Å². The summed E-state index contributed by atoms with van der Waals surface area (Å²) in [5.74, 6) is 7.13. The Balaban J connectivity index is 1.00. The molecule has 6 aliphatic carbocycles. The highest BCUT2D eigenvalue weighted by Crippen LogP contribution is 2.66. The predicted octanol–water partition coefficient (Wildman–Crippen LogP) is 11.6. The molecular weight excluding hydrogens is 604 g/mol. The molecule has 0 aromatic rings. The van der Waals surface area contributed by atoms with Crippen LogP contribution in [0, 0.1) is 80.8 Å². The summed E-state index contributed by atoms with van der Waals surface area (Å²) in [6, 6.07) is 0. The summed E-state index contributed by atoms with van der Waals surface area (Å²) >= 11 is 0. The first-order chi connectivity index (χ1) is 23.1. The first kappa shape index (κ1) is 37.4. The highest BCUT2D eigenvalue weighted by molar-refractivity contribution is 5.93. The second-order valence-corrected chi connectivity index (χ2v) is 20.7. The van der Waals surface area contributed by atoms with Gasteiger partial charge in [-0.05, 0) is 160 Å². The Morgan fingerprint density at radius 3 is 1.53 bits per heavy atom. The van der Waals surface area contributed by atoms with Crippen molar-refractivity contribution in [3.8, 4) is 0 Å². The lowest BCUT2D eigenvalue weighted by atomic mass is 9.44. The molecule has 4 nitrogen and oxygen atoms in total. The van der Waals surface area contributed by atoms with Gasteiger partial charge in [0.05, 0.1) is 19.6 Å². The fraction of sp³-hybridized carbons (Fsp3) is 0.911. The van der Waals surface area contributed by atoms with Crippen LogP contribution in [-0.2, 0) is 19.1 Å². The van der Waals surface area contributed by atoms with Gasteiger partial charge in [0, 0.05) is 16.4 Å². The third-order valence-electron chi connectivity index (χ3n) is 17.2. The van der Waals surface area contributed by atoms with Crippen LogP contribution in [-0.4, -0.2) is 25.2 Å². The van der Waals surface area contributed by atoms with E-state index in [1.807, 2.05) is 0 Å². The molecule has 0 heterocycles. The topological polar surface area (TPSA) is 52.6 Å². The van der Waals surface area contributed by atoms with Crippen LogP contribution in [0.4, 0.5) is 0 Å². The van der Waals surface area contributed by atoms with Gasteiger partial charge in [-0.1, -0.05) is 74.8 Å². The summed E-state index contributed by atoms with van der Waals surface area (Å²) in [6.45, 7) is 24.5. The number of ether oxygens (including phenoxy) is 2. The van der Waals surface area contributed by atoms with Crippen LogP contribution in [0.2, 0.25) is 0 Å². The quantitative estimate of drug-likeness (QED) is 0.180. The normalized spacial score (nSPS) is 45.0. The van der Waals surface area contributed by atoms with Crippen molar-refractivity contribution >= 4 is 11.9 Å². The van der Waals surface area contributed by atoms with E-state index in [0.29, 0.717) is 35.9 Å². The van der Waals surface area contributed by atoms with Gasteiger partial charge in [0.15, 0.2) is 0 Å². The van der Waals surface area contributed by atoms with Gasteiger partial charge in [-0.25, -0.2) is 4.79 Å². The van der Waals surface area contributed by atoms with E-state index in [9.17, 15) is 9.59 Å². The van der Waals surface area contributed by atoms with Gasteiger partial charge < -0.3 is 9.47 Å². The van der Waals surface area contributed by atoms with E-state index < -0.39 is 5.97 Å². The van der Waals surface area contributed by atoms with E-state index in [4.69, 9.17) is 9.47 Å². The molecule has 0 aliphatic heterocycles. The monoisotopic (exact) mass is 679 g/mol. The number of esters is 2. The van der Waals surface area contributed by atoms with Gasteiger partial charge in [0.25, 0.3) is 0 Å². The lowest BCUT2D eigenvalue weighted by Crippen LogP contribution is -2.55. The highest BCUT2D eigenvalue weighted by Gasteiger charge is 2.58. The predicted molar refractivity (Wildman–Crippen MR) is 200 cm³/mol. The van der Waals surface area contributed by atoms with Crippen LogP contribution in [0.1, 0.15) is 165 Å². The lowest BCUT2D eigenvalue weighted by Gasteiger charge is -2.61. The molecule has 6 fully saturated rings. The zero-order chi connectivity index (χ0) is 35.4. The third kappa shape index (κ3) is 7.09. The van der Waals surface area contributed by atoms with E-state index in [2.05, 4.69) is 62.0 Å². The maximum atomic E-state index is 13.3. The minimum atomic E-state index is -0.414. The smallest absolute Gasteiger partial charge is 0.334 e. The zero-order valence-electron chi connectivity index (χ0n) is 33.0. The molecule has 0 amide bonds. The summed E-state index contributed by atoms with van der Waals surface area (Å²) in [6.07, 6.45) is 20.7. The average Bonchev–Trinajstić information content (AvgIpc) is 3.05. The molecule has 0 aromatic heterocycles. The Hall–Kier alpha value is -1.32. The van der Waals surface area contributed by atoms with Gasteiger partial charge in [-0.3, -0.25) is 4.79 Å². The number of rotatable bonds is 9. The molecule has 6 saturated carbocycles. The number of hydrogen-bond acceptors (Lipinski definition) is 4. The summed E-state index contributed by atoms with van der Waals surface area (Å²) in [5, 5.41) is 0. The molecule has 278 valence electrons. The Kier molecular flexibility index (Phi) is 10.9. The van der Waals surface area contributed by atoms with Crippen molar-refractivity contribution in [1.29, 1.82) is 0 Å². The SMILES string of the molecule is C=C(CC(=O)OCC1(C)CCCC2(C)C3CCC(C(C)C)CC3CCC12)C(=O)OC[C@@]1(C)CCC[C@@]2(C)C3CCC(C(C)C)CC3CCC12. The fourth-order valence-corrected chi connectivity index (χ4v) is 14.4. The van der Waals surface area contributed by atoms with Crippen LogP contribution < -0.4 is 0 Å². The van der Waals surface area contributed by atoms with Crippen LogP contribution in [0.25, 0.3) is 0 Å². The maximum Gasteiger partial charge on any atom is 0.334 e. The lowest BCUT2D eigenvalue weighted by molar-refractivity contribution is -0.165. The molecule has 0 bridgehead atoms. The van der Waals surface area contributed by atoms with Crippen molar-refractivity contribution in [1.82, 2.24) is 0 Å². The zero-order valence-corrected chi connectivity index (χ0v) is 33.0. The van der Waals surface area contributed by atoms with Gasteiger partial charge in [-0.15, -0.1) is 0 Å². The molecule has 4 heteroatoms. The summed E-state index contributed by atoms with van der Waals surface area (Å²) in [7, 11) is 0. The Labute approximate surface area is 301 Å². The molecule has 0 spiro atoms. The molecule has 0 radical (unpaired) electrons. The van der Waals surface area contributed by atoms with Crippen LogP contribution in [0.3, 0.4) is 0 Å². The van der Waals surface area contributed by atoms with Crippen molar-refractivity contribution in [3.05, 3.63) is 12.2 Å². The molecule has 0 aromatic carbocycles. The molecular formula is C45H74O4. The van der Waals surface area contributed by atoms with Crippen LogP contribution in [0.5, 0.6) is 0 Å².